The molecule has 0 radical (unpaired) electrons. The predicted molar refractivity (Wildman–Crippen MR) is 65.1 cm³/mol. The van der Waals surface area contributed by atoms with Gasteiger partial charge in [-0.25, -0.2) is 4.98 Å². The summed E-state index contributed by atoms with van der Waals surface area (Å²) >= 11 is 0. The summed E-state index contributed by atoms with van der Waals surface area (Å²) in [6.07, 6.45) is 3.41. The molecule has 17 heavy (non-hydrogen) atoms. The van der Waals surface area contributed by atoms with Crippen LogP contribution in [0.4, 0.5) is 11.5 Å². The molecule has 0 unspecified atom stereocenters. The maximum atomic E-state index is 10.7. The van der Waals surface area contributed by atoms with E-state index in [-0.39, 0.29) is 12.3 Å². The van der Waals surface area contributed by atoms with E-state index in [1.54, 1.807) is 0 Å². The maximum Gasteiger partial charge on any atom is 0.274 e. The molecule has 0 saturated heterocycles. The van der Waals surface area contributed by atoms with Gasteiger partial charge in [0.1, 0.15) is 5.82 Å². The second-order valence-corrected chi connectivity index (χ2v) is 3.69. The van der Waals surface area contributed by atoms with E-state index in [1.807, 2.05) is 4.90 Å². The van der Waals surface area contributed by atoms with Gasteiger partial charge in [-0.2, -0.15) is 0 Å². The maximum absolute atomic E-state index is 10.7. The number of nitro groups is 1. The highest BCUT2D eigenvalue weighted by Gasteiger charge is 2.11. The van der Waals surface area contributed by atoms with Crippen molar-refractivity contribution in [1.29, 1.82) is 0 Å². The van der Waals surface area contributed by atoms with Crippen LogP contribution in [-0.2, 0) is 0 Å². The number of aliphatic hydroxyl groups is 1. The largest absolute Gasteiger partial charge is 0.395 e. The molecule has 0 aliphatic heterocycles. The number of hydrogen-bond donors (Lipinski definition) is 1. The minimum atomic E-state index is -0.442. The molecule has 1 rings (SSSR count). The monoisotopic (exact) mass is 239 g/mol. The number of hydrogen-bond acceptors (Lipinski definition) is 5. The first-order valence-electron chi connectivity index (χ1n) is 5.65. The molecule has 6 nitrogen and oxygen atoms in total. The van der Waals surface area contributed by atoms with Crippen molar-refractivity contribution in [3.63, 3.8) is 0 Å². The summed E-state index contributed by atoms with van der Waals surface area (Å²) in [7, 11) is 0. The average molecular weight is 239 g/mol. The second kappa shape index (κ2) is 6.80. The molecule has 6 heteroatoms. The zero-order chi connectivity index (χ0) is 12.7. The molecule has 0 bridgehead atoms. The van der Waals surface area contributed by atoms with Crippen LogP contribution in [0.2, 0.25) is 0 Å². The standard InChI is InChI=1S/C11H17N3O3/c1-2-3-6-13(7-8-15)11-9-10(14(16)17)4-5-12-11/h4-5,9,15H,2-3,6-8H2,1H3. The van der Waals surface area contributed by atoms with E-state index in [9.17, 15) is 10.1 Å². The van der Waals surface area contributed by atoms with E-state index < -0.39 is 4.92 Å². The SMILES string of the molecule is CCCCN(CCO)c1cc([N+](=O)[O-])ccn1. The van der Waals surface area contributed by atoms with E-state index in [1.165, 1.54) is 18.3 Å². The average Bonchev–Trinajstić information content (AvgIpc) is 2.34. The minimum absolute atomic E-state index is 0.00802. The Hall–Kier alpha value is -1.69. The molecular formula is C11H17N3O3. The van der Waals surface area contributed by atoms with Crippen LogP contribution in [0.3, 0.4) is 0 Å². The Morgan fingerprint density at radius 1 is 1.53 bits per heavy atom. The van der Waals surface area contributed by atoms with Gasteiger partial charge in [-0.1, -0.05) is 13.3 Å². The predicted octanol–water partition coefficient (Wildman–Crippen LogP) is 1.59. The number of anilines is 1. The summed E-state index contributed by atoms with van der Waals surface area (Å²) in [5.74, 6) is 0.543. The lowest BCUT2D eigenvalue weighted by Crippen LogP contribution is -2.28. The van der Waals surface area contributed by atoms with Crippen LogP contribution in [0, 0.1) is 10.1 Å². The number of nitrogens with zero attached hydrogens (tertiary/aromatic N) is 3. The normalized spacial score (nSPS) is 10.2. The van der Waals surface area contributed by atoms with E-state index >= 15 is 0 Å². The summed E-state index contributed by atoms with van der Waals surface area (Å²) < 4.78 is 0. The van der Waals surface area contributed by atoms with Crippen LogP contribution in [0.5, 0.6) is 0 Å². The second-order valence-electron chi connectivity index (χ2n) is 3.69. The van der Waals surface area contributed by atoms with Crippen LogP contribution in [0.1, 0.15) is 19.8 Å². The van der Waals surface area contributed by atoms with Gasteiger partial charge in [0.05, 0.1) is 17.6 Å². The fraction of sp³-hybridized carbons (Fsp3) is 0.545. The highest BCUT2D eigenvalue weighted by atomic mass is 16.6. The Kier molecular flexibility index (Phi) is 5.35. The van der Waals surface area contributed by atoms with Crippen molar-refractivity contribution in [2.45, 2.75) is 19.8 Å². The van der Waals surface area contributed by atoms with Gasteiger partial charge in [-0.05, 0) is 6.42 Å². The molecule has 0 fully saturated rings. The van der Waals surface area contributed by atoms with Crippen molar-refractivity contribution in [3.05, 3.63) is 28.4 Å². The van der Waals surface area contributed by atoms with E-state index in [4.69, 9.17) is 5.11 Å². The lowest BCUT2D eigenvalue weighted by Gasteiger charge is -2.22. The highest BCUT2D eigenvalue weighted by molar-refractivity contribution is 5.46. The summed E-state index contributed by atoms with van der Waals surface area (Å²) in [5, 5.41) is 19.6. The summed E-state index contributed by atoms with van der Waals surface area (Å²) in [5.41, 5.74) is 0.0226. The molecule has 0 aliphatic rings. The molecule has 1 N–H and O–H groups in total. The summed E-state index contributed by atoms with van der Waals surface area (Å²) in [6, 6.07) is 2.80. The fourth-order valence-corrected chi connectivity index (χ4v) is 1.50. The van der Waals surface area contributed by atoms with E-state index in [0.717, 1.165) is 19.4 Å². The lowest BCUT2D eigenvalue weighted by atomic mass is 10.3. The number of pyridine rings is 1. The van der Waals surface area contributed by atoms with Crippen molar-refractivity contribution >= 4 is 11.5 Å². The van der Waals surface area contributed by atoms with Crippen LogP contribution in [0.15, 0.2) is 18.3 Å². The molecule has 0 amide bonds. The molecular weight excluding hydrogens is 222 g/mol. The Labute approximate surface area is 100 Å². The van der Waals surface area contributed by atoms with Gasteiger partial charge in [0, 0.05) is 25.4 Å². The molecule has 0 aliphatic carbocycles. The van der Waals surface area contributed by atoms with Gasteiger partial charge in [0.15, 0.2) is 0 Å². The molecule has 0 spiro atoms. The first-order chi connectivity index (χ1) is 8.19. The number of aromatic nitrogens is 1. The lowest BCUT2D eigenvalue weighted by molar-refractivity contribution is -0.384. The van der Waals surface area contributed by atoms with Crippen LogP contribution < -0.4 is 4.90 Å². The zero-order valence-electron chi connectivity index (χ0n) is 9.87. The summed E-state index contributed by atoms with van der Waals surface area (Å²) in [6.45, 7) is 3.26. The minimum Gasteiger partial charge on any atom is -0.395 e. The zero-order valence-corrected chi connectivity index (χ0v) is 9.87. The highest BCUT2D eigenvalue weighted by Crippen LogP contribution is 2.18. The molecule has 94 valence electrons. The van der Waals surface area contributed by atoms with Gasteiger partial charge in [-0.15, -0.1) is 0 Å². The van der Waals surface area contributed by atoms with Gasteiger partial charge < -0.3 is 10.0 Å². The molecule has 1 aromatic rings. The molecule has 1 aromatic heterocycles. The molecule has 0 saturated carbocycles. The molecule has 1 heterocycles. The van der Waals surface area contributed by atoms with Gasteiger partial charge in [-0.3, -0.25) is 10.1 Å². The van der Waals surface area contributed by atoms with Crippen LogP contribution in [0.25, 0.3) is 0 Å². The van der Waals surface area contributed by atoms with Gasteiger partial charge in [0.25, 0.3) is 5.69 Å². The number of unbranched alkanes of at least 4 members (excludes halogenated alkanes) is 1. The quantitative estimate of drug-likeness (QED) is 0.577. The first kappa shape index (κ1) is 13.4. The van der Waals surface area contributed by atoms with Crippen molar-refractivity contribution in [2.24, 2.45) is 0 Å². The third kappa shape index (κ3) is 3.99. The smallest absolute Gasteiger partial charge is 0.274 e. The summed E-state index contributed by atoms with van der Waals surface area (Å²) in [4.78, 5) is 16.2. The number of aliphatic hydroxyl groups excluding tert-OH is 1. The topological polar surface area (TPSA) is 79.5 Å². The first-order valence-corrected chi connectivity index (χ1v) is 5.65. The van der Waals surface area contributed by atoms with Crippen molar-refractivity contribution < 1.29 is 10.0 Å². The van der Waals surface area contributed by atoms with E-state index in [2.05, 4.69) is 11.9 Å². The Balaban J connectivity index is 2.84. The fourth-order valence-electron chi connectivity index (χ4n) is 1.50. The molecule has 0 atom stereocenters. The van der Waals surface area contributed by atoms with Crippen molar-refractivity contribution in [2.75, 3.05) is 24.6 Å². The Bertz CT molecular complexity index is 371. The Morgan fingerprint density at radius 3 is 2.88 bits per heavy atom. The van der Waals surface area contributed by atoms with Gasteiger partial charge >= 0.3 is 0 Å². The van der Waals surface area contributed by atoms with Crippen molar-refractivity contribution in [1.82, 2.24) is 4.98 Å². The van der Waals surface area contributed by atoms with E-state index in [0.29, 0.717) is 12.4 Å². The van der Waals surface area contributed by atoms with Gasteiger partial charge in [0.2, 0.25) is 0 Å². The third-order valence-electron chi connectivity index (χ3n) is 2.42. The van der Waals surface area contributed by atoms with Crippen LogP contribution in [-0.4, -0.2) is 34.7 Å². The Morgan fingerprint density at radius 2 is 2.29 bits per heavy atom. The number of rotatable bonds is 7. The third-order valence-corrected chi connectivity index (χ3v) is 2.42. The van der Waals surface area contributed by atoms with Crippen molar-refractivity contribution in [3.8, 4) is 0 Å². The van der Waals surface area contributed by atoms with Crippen LogP contribution >= 0.6 is 0 Å². The molecule has 0 aromatic carbocycles.